The summed E-state index contributed by atoms with van der Waals surface area (Å²) in [7, 11) is 1.33. The first-order valence-corrected chi connectivity index (χ1v) is 14.2. The number of halogens is 2. The maximum Gasteiger partial charge on any atom is 0.306 e. The molecular formula is C30H36Cl2N4O4. The number of aromatic nitrogens is 3. The second-order valence-electron chi connectivity index (χ2n) is 11.2. The summed E-state index contributed by atoms with van der Waals surface area (Å²) in [5, 5.41) is 8.99. The number of carbonyl (C=O) groups is 2. The second-order valence-corrected chi connectivity index (χ2v) is 12.0. The van der Waals surface area contributed by atoms with Crippen LogP contribution in [0.25, 0.3) is 0 Å². The summed E-state index contributed by atoms with van der Waals surface area (Å²) in [5.74, 6) is -0.115. The zero-order chi connectivity index (χ0) is 29.0. The molecule has 0 saturated heterocycles. The first-order chi connectivity index (χ1) is 18.9. The number of hydrogen-bond acceptors (Lipinski definition) is 7. The van der Waals surface area contributed by atoms with E-state index in [4.69, 9.17) is 42.8 Å². The molecule has 1 unspecified atom stereocenters. The molecule has 8 nitrogen and oxygen atoms in total. The molecule has 40 heavy (non-hydrogen) atoms. The highest BCUT2D eigenvalue weighted by atomic mass is 35.5. The Bertz CT molecular complexity index is 1380. The van der Waals surface area contributed by atoms with E-state index < -0.39 is 17.5 Å². The molecule has 0 aliphatic carbocycles. The van der Waals surface area contributed by atoms with Crippen molar-refractivity contribution < 1.29 is 19.1 Å². The van der Waals surface area contributed by atoms with Crippen LogP contribution in [0.1, 0.15) is 84.4 Å². The van der Waals surface area contributed by atoms with E-state index in [-0.39, 0.29) is 25.2 Å². The van der Waals surface area contributed by atoms with Crippen molar-refractivity contribution in [2.24, 2.45) is 0 Å². The van der Waals surface area contributed by atoms with Crippen molar-refractivity contribution in [3.8, 4) is 0 Å². The van der Waals surface area contributed by atoms with Gasteiger partial charge in [0.25, 0.3) is 0 Å². The monoisotopic (exact) mass is 586 g/mol. The minimum Gasteiger partial charge on any atom is -0.469 e. The minimum absolute atomic E-state index is 0.00883. The molecule has 10 heteroatoms. The van der Waals surface area contributed by atoms with Crippen LogP contribution in [0.15, 0.2) is 30.5 Å². The third-order valence-electron chi connectivity index (χ3n) is 6.85. The fraction of sp³-hybridized carbons (Fsp3) is 0.467. The van der Waals surface area contributed by atoms with Crippen molar-refractivity contribution in [1.29, 1.82) is 0 Å². The summed E-state index contributed by atoms with van der Waals surface area (Å²) < 4.78 is 12.7. The van der Waals surface area contributed by atoms with E-state index in [2.05, 4.69) is 11.4 Å². The van der Waals surface area contributed by atoms with Crippen molar-refractivity contribution in [2.45, 2.75) is 78.0 Å². The summed E-state index contributed by atoms with van der Waals surface area (Å²) in [6, 6.07) is 7.24. The summed E-state index contributed by atoms with van der Waals surface area (Å²) in [6.07, 6.45) is 3.86. The summed E-state index contributed by atoms with van der Waals surface area (Å²) in [5.41, 5.74) is 4.44. The molecule has 0 fully saturated rings. The van der Waals surface area contributed by atoms with Gasteiger partial charge in [-0.15, -0.1) is 0 Å². The molecule has 0 amide bonds. The van der Waals surface area contributed by atoms with Gasteiger partial charge in [0.15, 0.2) is 5.78 Å². The fourth-order valence-electron chi connectivity index (χ4n) is 4.76. The zero-order valence-corrected chi connectivity index (χ0v) is 25.2. The highest BCUT2D eigenvalue weighted by Crippen LogP contribution is 2.31. The van der Waals surface area contributed by atoms with Crippen molar-refractivity contribution in [3.63, 3.8) is 0 Å². The molecule has 1 N–H and O–H groups in total. The van der Waals surface area contributed by atoms with E-state index in [1.54, 1.807) is 29.1 Å². The smallest absolute Gasteiger partial charge is 0.306 e. The number of pyridine rings is 1. The van der Waals surface area contributed by atoms with Crippen LogP contribution < -0.4 is 5.32 Å². The molecule has 0 spiro atoms. The number of benzene rings is 1. The number of ketones is 1. The molecule has 0 radical (unpaired) electrons. The number of methoxy groups -OCH3 is 1. The van der Waals surface area contributed by atoms with Crippen LogP contribution in [0.4, 0.5) is 5.82 Å². The first kappa shape index (κ1) is 30.0. The van der Waals surface area contributed by atoms with E-state index >= 15 is 0 Å². The molecule has 1 aromatic carbocycles. The van der Waals surface area contributed by atoms with Crippen LogP contribution in [0, 0.1) is 6.92 Å². The van der Waals surface area contributed by atoms with Crippen LogP contribution in [0.3, 0.4) is 0 Å². The van der Waals surface area contributed by atoms with Crippen LogP contribution in [-0.4, -0.2) is 45.8 Å². The average molecular weight is 588 g/mol. The number of nitrogens with one attached hydrogen (secondary N) is 1. The van der Waals surface area contributed by atoms with Gasteiger partial charge < -0.3 is 14.8 Å². The maximum atomic E-state index is 13.8. The van der Waals surface area contributed by atoms with Gasteiger partial charge in [-0.25, -0.2) is 4.98 Å². The third-order valence-corrected chi connectivity index (χ3v) is 7.29. The quantitative estimate of drug-likeness (QED) is 0.213. The van der Waals surface area contributed by atoms with E-state index in [9.17, 15) is 9.59 Å². The van der Waals surface area contributed by atoms with Crippen molar-refractivity contribution in [2.75, 3.05) is 19.0 Å². The van der Waals surface area contributed by atoms with E-state index in [0.29, 0.717) is 33.4 Å². The Labute approximate surface area is 245 Å². The third kappa shape index (κ3) is 7.83. The summed E-state index contributed by atoms with van der Waals surface area (Å²) in [4.78, 5) is 30.8. The standard InChI is InChI=1S/C30H36Cl2N4O4/c1-18-22(9-19-7-6-8-33-29(19)34-18)15-36-16-25(26(35-36)17-40-30(2,3)4)27(37)12-21(13-28(38)39-5)20-10-23(31)14-24(32)11-20/h9-11,14,16,21H,6-8,12-13,15,17H2,1-5H3,(H,33,34). The van der Waals surface area contributed by atoms with Crippen LogP contribution in [0.5, 0.6) is 0 Å². The van der Waals surface area contributed by atoms with Gasteiger partial charge in [-0.1, -0.05) is 23.2 Å². The molecule has 3 heterocycles. The molecule has 1 atom stereocenters. The minimum atomic E-state index is -0.476. The Kier molecular flexibility index (Phi) is 9.54. The Morgan fingerprint density at radius 1 is 1.12 bits per heavy atom. The topological polar surface area (TPSA) is 95.3 Å². The Morgan fingerprint density at radius 2 is 1.85 bits per heavy atom. The number of rotatable bonds is 10. The van der Waals surface area contributed by atoms with Gasteiger partial charge in [-0.05, 0) is 81.5 Å². The lowest BCUT2D eigenvalue weighted by Crippen LogP contribution is -2.20. The van der Waals surface area contributed by atoms with Gasteiger partial charge in [0.05, 0.1) is 43.5 Å². The van der Waals surface area contributed by atoms with Gasteiger partial charge in [-0.2, -0.15) is 5.10 Å². The predicted octanol–water partition coefficient (Wildman–Crippen LogP) is 6.53. The Hall–Kier alpha value is -2.94. The van der Waals surface area contributed by atoms with E-state index in [1.807, 2.05) is 27.7 Å². The average Bonchev–Trinajstić information content (AvgIpc) is 3.29. The van der Waals surface area contributed by atoms with E-state index in [1.165, 1.54) is 12.7 Å². The van der Waals surface area contributed by atoms with Gasteiger partial charge in [0, 0.05) is 40.8 Å². The van der Waals surface area contributed by atoms with Gasteiger partial charge >= 0.3 is 5.97 Å². The number of Topliss-reactive ketones (excluding diaryl/α,β-unsaturated/α-hetero) is 1. The van der Waals surface area contributed by atoms with Crippen molar-refractivity contribution >= 4 is 40.8 Å². The summed E-state index contributed by atoms with van der Waals surface area (Å²) >= 11 is 12.5. The van der Waals surface area contributed by atoms with Gasteiger partial charge in [-0.3, -0.25) is 14.3 Å². The van der Waals surface area contributed by atoms with Crippen LogP contribution in [0.2, 0.25) is 10.0 Å². The Balaban J connectivity index is 1.64. The number of carbonyl (C=O) groups excluding carboxylic acids is 2. The highest BCUT2D eigenvalue weighted by Gasteiger charge is 2.26. The maximum absolute atomic E-state index is 13.8. The lowest BCUT2D eigenvalue weighted by atomic mass is 9.89. The molecule has 1 aliphatic heterocycles. The number of esters is 1. The number of fused-ring (bicyclic) bond motifs is 1. The Morgan fingerprint density at radius 3 is 2.52 bits per heavy atom. The number of anilines is 1. The highest BCUT2D eigenvalue weighted by molar-refractivity contribution is 6.34. The number of hydrogen-bond donors (Lipinski definition) is 1. The zero-order valence-electron chi connectivity index (χ0n) is 23.6. The molecule has 214 valence electrons. The summed E-state index contributed by atoms with van der Waals surface area (Å²) in [6.45, 7) is 9.42. The number of aryl methyl sites for hydroxylation is 2. The molecule has 3 aromatic rings. The second kappa shape index (κ2) is 12.7. The van der Waals surface area contributed by atoms with Gasteiger partial charge in [0.1, 0.15) is 5.82 Å². The first-order valence-electron chi connectivity index (χ1n) is 13.4. The molecule has 2 aromatic heterocycles. The molecule has 4 rings (SSSR count). The number of ether oxygens (including phenoxy) is 2. The lowest BCUT2D eigenvalue weighted by molar-refractivity contribution is -0.141. The predicted molar refractivity (Wildman–Crippen MR) is 156 cm³/mol. The van der Waals surface area contributed by atoms with Crippen molar-refractivity contribution in [1.82, 2.24) is 14.8 Å². The van der Waals surface area contributed by atoms with Gasteiger partial charge in [0.2, 0.25) is 0 Å². The molecule has 0 saturated carbocycles. The van der Waals surface area contributed by atoms with E-state index in [0.717, 1.165) is 36.5 Å². The fourth-order valence-corrected chi connectivity index (χ4v) is 5.30. The molecule has 1 aliphatic rings. The lowest BCUT2D eigenvalue weighted by Gasteiger charge is -2.19. The largest absolute Gasteiger partial charge is 0.469 e. The molecular weight excluding hydrogens is 551 g/mol. The normalized spacial score (nSPS) is 13.9. The van der Waals surface area contributed by atoms with Crippen LogP contribution in [-0.2, 0) is 33.8 Å². The van der Waals surface area contributed by atoms with Crippen LogP contribution >= 0.6 is 23.2 Å². The van der Waals surface area contributed by atoms with Crippen molar-refractivity contribution in [3.05, 3.63) is 74.1 Å². The number of nitrogens with zero attached hydrogens (tertiary/aromatic N) is 3. The molecule has 0 bridgehead atoms. The SMILES string of the molecule is COC(=O)CC(CC(=O)c1cn(Cc2cc3c(nc2C)NCCC3)nc1COC(C)(C)C)c1cc(Cl)cc(Cl)c1.